The maximum Gasteiger partial charge on any atom is 0.186 e. The van der Waals surface area contributed by atoms with Crippen LogP contribution in [0.3, 0.4) is 0 Å². The van der Waals surface area contributed by atoms with E-state index in [0.717, 1.165) is 57.2 Å². The zero-order valence-electron chi connectivity index (χ0n) is 15.4. The van der Waals surface area contributed by atoms with Gasteiger partial charge < -0.3 is 5.32 Å². The number of hydrogen-bond donors (Lipinski definition) is 1. The number of nitrogens with zero attached hydrogens (tertiary/aromatic N) is 4. The summed E-state index contributed by atoms with van der Waals surface area (Å²) in [4.78, 5) is 4.70. The predicted octanol–water partition coefficient (Wildman–Crippen LogP) is 4.99. The molecule has 3 rings (SSSR count). The predicted molar refractivity (Wildman–Crippen MR) is 104 cm³/mol. The van der Waals surface area contributed by atoms with Crippen LogP contribution in [0.1, 0.15) is 43.5 Å². The first kappa shape index (κ1) is 17.7. The molecule has 6 heteroatoms. The van der Waals surface area contributed by atoms with Crippen molar-refractivity contribution in [3.8, 4) is 5.69 Å². The first-order valence-corrected chi connectivity index (χ1v) is 9.09. The normalized spacial score (nSPS) is 11.5. The van der Waals surface area contributed by atoms with Crippen molar-refractivity contribution in [2.24, 2.45) is 0 Å². The average Bonchev–Trinajstić information content (AvgIpc) is 2.95. The van der Waals surface area contributed by atoms with Crippen molar-refractivity contribution in [3.63, 3.8) is 0 Å². The summed E-state index contributed by atoms with van der Waals surface area (Å²) in [7, 11) is 0. The lowest BCUT2D eigenvalue weighted by Gasteiger charge is -2.17. The molecule has 0 fully saturated rings. The summed E-state index contributed by atoms with van der Waals surface area (Å²) in [5, 5.41) is 13.1. The fourth-order valence-corrected chi connectivity index (χ4v) is 3.57. The summed E-state index contributed by atoms with van der Waals surface area (Å²) in [6.07, 6.45) is 2.12. The van der Waals surface area contributed by atoms with E-state index in [1.54, 1.807) is 0 Å². The van der Waals surface area contributed by atoms with Crippen LogP contribution in [0.25, 0.3) is 16.9 Å². The van der Waals surface area contributed by atoms with Crippen LogP contribution in [0.15, 0.2) is 18.2 Å². The van der Waals surface area contributed by atoms with Gasteiger partial charge in [0.2, 0.25) is 0 Å². The molecule has 2 aromatic heterocycles. The second kappa shape index (κ2) is 7.00. The van der Waals surface area contributed by atoms with Crippen LogP contribution in [0, 0.1) is 20.8 Å². The fourth-order valence-electron chi connectivity index (χ4n) is 3.24. The van der Waals surface area contributed by atoms with Crippen LogP contribution in [-0.4, -0.2) is 26.0 Å². The number of benzene rings is 1. The number of nitrogens with one attached hydrogen (secondary N) is 1. The SMILES string of the molecule is CCC(CC)Nc1cc(C)nc2c1nnn2-c1c(C)cc(Cl)cc1C. The van der Waals surface area contributed by atoms with Gasteiger partial charge in [0.15, 0.2) is 11.2 Å². The largest absolute Gasteiger partial charge is 0.380 e. The second-order valence-corrected chi connectivity index (χ2v) is 6.97. The van der Waals surface area contributed by atoms with Gasteiger partial charge in [0.05, 0.1) is 11.4 Å². The van der Waals surface area contributed by atoms with Crippen LogP contribution < -0.4 is 5.32 Å². The molecule has 25 heavy (non-hydrogen) atoms. The van der Waals surface area contributed by atoms with Crippen molar-refractivity contribution >= 4 is 28.5 Å². The van der Waals surface area contributed by atoms with E-state index in [-0.39, 0.29) is 0 Å². The number of pyridine rings is 1. The van der Waals surface area contributed by atoms with Crippen LogP contribution in [0.4, 0.5) is 5.69 Å². The number of fused-ring (bicyclic) bond motifs is 1. The van der Waals surface area contributed by atoms with Gasteiger partial charge in [-0.25, -0.2) is 4.98 Å². The quantitative estimate of drug-likeness (QED) is 0.698. The van der Waals surface area contributed by atoms with Gasteiger partial charge in [-0.3, -0.25) is 0 Å². The molecule has 0 aliphatic heterocycles. The number of anilines is 1. The van der Waals surface area contributed by atoms with E-state index in [2.05, 4.69) is 29.5 Å². The minimum absolute atomic E-state index is 0.411. The Kier molecular flexibility index (Phi) is 4.95. The zero-order valence-corrected chi connectivity index (χ0v) is 16.1. The highest BCUT2D eigenvalue weighted by Crippen LogP contribution is 2.28. The number of hydrogen-bond acceptors (Lipinski definition) is 4. The van der Waals surface area contributed by atoms with Crippen molar-refractivity contribution in [2.45, 2.75) is 53.5 Å². The average molecular weight is 358 g/mol. The van der Waals surface area contributed by atoms with Gasteiger partial charge in [0.25, 0.3) is 0 Å². The van der Waals surface area contributed by atoms with E-state index in [9.17, 15) is 0 Å². The van der Waals surface area contributed by atoms with E-state index in [4.69, 9.17) is 16.6 Å². The summed E-state index contributed by atoms with van der Waals surface area (Å²) < 4.78 is 1.82. The minimum Gasteiger partial charge on any atom is -0.380 e. The smallest absolute Gasteiger partial charge is 0.186 e. The lowest BCUT2D eigenvalue weighted by molar-refractivity contribution is 0.672. The van der Waals surface area contributed by atoms with Gasteiger partial charge in [0.1, 0.15) is 0 Å². The van der Waals surface area contributed by atoms with E-state index >= 15 is 0 Å². The number of halogens is 1. The van der Waals surface area contributed by atoms with Gasteiger partial charge in [-0.1, -0.05) is 30.7 Å². The van der Waals surface area contributed by atoms with Crippen molar-refractivity contribution in [1.82, 2.24) is 20.0 Å². The van der Waals surface area contributed by atoms with Crippen molar-refractivity contribution < 1.29 is 0 Å². The van der Waals surface area contributed by atoms with Crippen LogP contribution in [0.2, 0.25) is 5.02 Å². The Morgan fingerprint density at radius 3 is 2.32 bits per heavy atom. The van der Waals surface area contributed by atoms with E-state index in [1.165, 1.54) is 0 Å². The molecule has 0 unspecified atom stereocenters. The molecule has 3 aromatic rings. The molecule has 1 aromatic carbocycles. The van der Waals surface area contributed by atoms with Gasteiger partial charge in [-0.15, -0.1) is 5.10 Å². The van der Waals surface area contributed by atoms with E-state index in [1.807, 2.05) is 43.7 Å². The van der Waals surface area contributed by atoms with Crippen LogP contribution >= 0.6 is 11.6 Å². The summed E-state index contributed by atoms with van der Waals surface area (Å²) in [5.74, 6) is 0. The molecule has 0 amide bonds. The third-order valence-electron chi connectivity index (χ3n) is 4.55. The molecular weight excluding hydrogens is 334 g/mol. The third kappa shape index (κ3) is 3.33. The van der Waals surface area contributed by atoms with E-state index < -0.39 is 0 Å². The molecule has 0 radical (unpaired) electrons. The van der Waals surface area contributed by atoms with Crippen molar-refractivity contribution in [1.29, 1.82) is 0 Å². The molecule has 0 aliphatic rings. The first-order valence-electron chi connectivity index (χ1n) is 8.71. The summed E-state index contributed by atoms with van der Waals surface area (Å²) in [6, 6.07) is 6.34. The fraction of sp³-hybridized carbons (Fsp3) is 0.421. The Balaban J connectivity index is 2.19. The Bertz CT molecular complexity index is 889. The van der Waals surface area contributed by atoms with Crippen LogP contribution in [-0.2, 0) is 0 Å². The highest BCUT2D eigenvalue weighted by molar-refractivity contribution is 6.30. The first-order chi connectivity index (χ1) is 11.9. The molecule has 0 atom stereocenters. The molecule has 132 valence electrons. The Labute approximate surface area is 153 Å². The molecular formula is C19H24ClN5. The van der Waals surface area contributed by atoms with Gasteiger partial charge in [-0.05, 0) is 62.9 Å². The Morgan fingerprint density at radius 1 is 1.08 bits per heavy atom. The number of aromatic nitrogens is 4. The molecule has 0 bridgehead atoms. The van der Waals surface area contributed by atoms with Crippen LogP contribution in [0.5, 0.6) is 0 Å². The van der Waals surface area contributed by atoms with Gasteiger partial charge >= 0.3 is 0 Å². The molecule has 1 N–H and O–H groups in total. The Hall–Kier alpha value is -2.14. The zero-order chi connectivity index (χ0) is 18.1. The van der Waals surface area contributed by atoms with E-state index in [0.29, 0.717) is 6.04 Å². The van der Waals surface area contributed by atoms with Gasteiger partial charge in [0, 0.05) is 16.8 Å². The van der Waals surface area contributed by atoms with Crippen molar-refractivity contribution in [2.75, 3.05) is 5.32 Å². The highest BCUT2D eigenvalue weighted by atomic mass is 35.5. The number of aryl methyl sites for hydroxylation is 3. The summed E-state index contributed by atoms with van der Waals surface area (Å²) in [5.41, 5.74) is 6.58. The summed E-state index contributed by atoms with van der Waals surface area (Å²) >= 11 is 6.17. The maximum absolute atomic E-state index is 6.17. The molecule has 0 aliphatic carbocycles. The third-order valence-corrected chi connectivity index (χ3v) is 4.77. The lowest BCUT2D eigenvalue weighted by Crippen LogP contribution is -2.17. The number of rotatable bonds is 5. The minimum atomic E-state index is 0.411. The standard InChI is InChI=1S/C19H24ClN5/c1-6-15(7-2)22-16-10-13(5)21-19-17(16)23-24-25(19)18-11(3)8-14(20)9-12(18)4/h8-10,15H,6-7H2,1-5H3,(H,21,22). The topological polar surface area (TPSA) is 55.6 Å². The molecule has 0 saturated heterocycles. The Morgan fingerprint density at radius 2 is 1.72 bits per heavy atom. The van der Waals surface area contributed by atoms with Gasteiger partial charge in [-0.2, -0.15) is 4.68 Å². The monoisotopic (exact) mass is 357 g/mol. The van der Waals surface area contributed by atoms with Crippen molar-refractivity contribution in [3.05, 3.63) is 40.0 Å². The summed E-state index contributed by atoms with van der Waals surface area (Å²) in [6.45, 7) is 10.4. The second-order valence-electron chi connectivity index (χ2n) is 6.53. The lowest BCUT2D eigenvalue weighted by atomic mass is 10.1. The maximum atomic E-state index is 6.17. The molecule has 5 nitrogen and oxygen atoms in total. The molecule has 0 saturated carbocycles. The molecule has 2 heterocycles. The molecule has 0 spiro atoms. The highest BCUT2D eigenvalue weighted by Gasteiger charge is 2.17.